The van der Waals surface area contributed by atoms with E-state index in [1.807, 2.05) is 0 Å². The minimum Gasteiger partial charge on any atom is -0.368 e. The van der Waals surface area contributed by atoms with Crippen molar-refractivity contribution in [3.05, 3.63) is 10.9 Å². The topological polar surface area (TPSA) is 55.0 Å². The van der Waals surface area contributed by atoms with Crippen LogP contribution in [0.2, 0.25) is 0 Å². The Hall–Kier alpha value is -1.36. The number of thiophene rings is 1. The van der Waals surface area contributed by atoms with E-state index in [4.69, 9.17) is 5.73 Å². The van der Waals surface area contributed by atoms with Gasteiger partial charge in [-0.05, 0) is 31.2 Å². The summed E-state index contributed by atoms with van der Waals surface area (Å²) < 4.78 is 0. The van der Waals surface area contributed by atoms with Crippen molar-refractivity contribution in [2.45, 2.75) is 39.5 Å². The van der Waals surface area contributed by atoms with Crippen molar-refractivity contribution in [1.82, 2.24) is 9.97 Å². The second-order valence-corrected chi connectivity index (χ2v) is 6.70. The Morgan fingerprint density at radius 1 is 1.40 bits per heavy atom. The predicted octanol–water partition coefficient (Wildman–Crippen LogP) is 3.46. The maximum Gasteiger partial charge on any atom is 0.223 e. The number of nitrogen functional groups attached to an aromatic ring is 1. The van der Waals surface area contributed by atoms with Crippen LogP contribution >= 0.6 is 11.3 Å². The number of aromatic nitrogens is 2. The Morgan fingerprint density at radius 2 is 2.25 bits per heavy atom. The monoisotopic (exact) mass is 290 g/mol. The number of rotatable bonds is 4. The fourth-order valence-electron chi connectivity index (χ4n) is 3.06. The highest BCUT2D eigenvalue weighted by atomic mass is 32.1. The maximum atomic E-state index is 5.89. The average Bonchev–Trinajstić information content (AvgIpc) is 3.04. The molecule has 4 nitrogen and oxygen atoms in total. The van der Waals surface area contributed by atoms with Crippen LogP contribution in [-0.4, -0.2) is 23.1 Å². The lowest BCUT2D eigenvalue weighted by Crippen LogP contribution is -2.21. The summed E-state index contributed by atoms with van der Waals surface area (Å²) >= 11 is 1.74. The van der Waals surface area contributed by atoms with Crippen LogP contribution in [0, 0.1) is 5.92 Å². The first kappa shape index (κ1) is 13.6. The average molecular weight is 290 g/mol. The molecule has 1 atom stereocenters. The van der Waals surface area contributed by atoms with Crippen molar-refractivity contribution in [2.75, 3.05) is 23.7 Å². The minimum absolute atomic E-state index is 0.399. The zero-order chi connectivity index (χ0) is 14.1. The molecule has 0 spiro atoms. The van der Waals surface area contributed by atoms with Crippen molar-refractivity contribution in [3.63, 3.8) is 0 Å². The third kappa shape index (κ3) is 2.46. The molecule has 2 aromatic heterocycles. The first-order valence-electron chi connectivity index (χ1n) is 7.52. The van der Waals surface area contributed by atoms with Gasteiger partial charge in [0.2, 0.25) is 5.95 Å². The summed E-state index contributed by atoms with van der Waals surface area (Å²) in [5, 5.41) is 1.18. The lowest BCUT2D eigenvalue weighted by molar-refractivity contribution is 0.529. The molecule has 1 saturated heterocycles. The smallest absolute Gasteiger partial charge is 0.223 e. The molecule has 0 saturated carbocycles. The SMILES string of the molecule is CCCC1CCN(c2nc(N)nc3sc(CC)cc23)C1. The number of aryl methyl sites for hydroxylation is 1. The quantitative estimate of drug-likeness (QED) is 0.937. The second kappa shape index (κ2) is 5.56. The molecule has 0 aliphatic carbocycles. The summed E-state index contributed by atoms with van der Waals surface area (Å²) in [6.07, 6.45) is 4.88. The van der Waals surface area contributed by atoms with Gasteiger partial charge in [-0.3, -0.25) is 0 Å². The Bertz CT molecular complexity index is 607. The highest BCUT2D eigenvalue weighted by Gasteiger charge is 2.25. The van der Waals surface area contributed by atoms with Crippen LogP contribution in [0.4, 0.5) is 11.8 Å². The molecule has 3 heterocycles. The van der Waals surface area contributed by atoms with Crippen LogP contribution in [0.3, 0.4) is 0 Å². The largest absolute Gasteiger partial charge is 0.368 e. The zero-order valence-corrected chi connectivity index (χ0v) is 13.0. The van der Waals surface area contributed by atoms with Gasteiger partial charge in [-0.1, -0.05) is 20.3 Å². The Labute approximate surface area is 124 Å². The van der Waals surface area contributed by atoms with E-state index < -0.39 is 0 Å². The number of hydrogen-bond acceptors (Lipinski definition) is 5. The van der Waals surface area contributed by atoms with Crippen LogP contribution < -0.4 is 10.6 Å². The second-order valence-electron chi connectivity index (χ2n) is 5.58. The van der Waals surface area contributed by atoms with Gasteiger partial charge in [0.25, 0.3) is 0 Å². The molecule has 108 valence electrons. The van der Waals surface area contributed by atoms with Gasteiger partial charge in [0.1, 0.15) is 10.6 Å². The summed E-state index contributed by atoms with van der Waals surface area (Å²) in [5.74, 6) is 2.24. The Kier molecular flexibility index (Phi) is 3.78. The Morgan fingerprint density at radius 3 is 3.00 bits per heavy atom. The molecule has 2 N–H and O–H groups in total. The van der Waals surface area contributed by atoms with Gasteiger partial charge < -0.3 is 10.6 Å². The van der Waals surface area contributed by atoms with E-state index in [1.54, 1.807) is 11.3 Å². The van der Waals surface area contributed by atoms with Crippen LogP contribution in [0.25, 0.3) is 10.2 Å². The van der Waals surface area contributed by atoms with Gasteiger partial charge in [0.15, 0.2) is 0 Å². The van der Waals surface area contributed by atoms with Crippen molar-refractivity contribution < 1.29 is 0 Å². The van der Waals surface area contributed by atoms with Gasteiger partial charge in [-0.15, -0.1) is 11.3 Å². The van der Waals surface area contributed by atoms with Crippen LogP contribution in [-0.2, 0) is 6.42 Å². The van der Waals surface area contributed by atoms with Gasteiger partial charge >= 0.3 is 0 Å². The van der Waals surface area contributed by atoms with Gasteiger partial charge in [0, 0.05) is 18.0 Å². The minimum atomic E-state index is 0.399. The van der Waals surface area contributed by atoms with Crippen LogP contribution in [0.5, 0.6) is 0 Å². The van der Waals surface area contributed by atoms with E-state index in [1.165, 1.54) is 29.5 Å². The van der Waals surface area contributed by atoms with Gasteiger partial charge in [0.05, 0.1) is 5.39 Å². The third-order valence-electron chi connectivity index (χ3n) is 4.07. The summed E-state index contributed by atoms with van der Waals surface area (Å²) in [6.45, 7) is 6.63. The lowest BCUT2D eigenvalue weighted by Gasteiger charge is -2.18. The zero-order valence-electron chi connectivity index (χ0n) is 12.2. The molecular formula is C15H22N4S. The standard InChI is InChI=1S/C15H22N4S/c1-3-5-10-6-7-19(9-10)13-12-8-11(4-2)20-14(12)18-15(16)17-13/h8,10H,3-7,9H2,1-2H3,(H2,16,17,18). The van der Waals surface area contributed by atoms with E-state index in [0.717, 1.165) is 36.1 Å². The fraction of sp³-hybridized carbons (Fsp3) is 0.600. The summed E-state index contributed by atoms with van der Waals surface area (Å²) in [7, 11) is 0. The Balaban J connectivity index is 1.96. The number of fused-ring (bicyclic) bond motifs is 1. The number of nitrogens with zero attached hydrogens (tertiary/aromatic N) is 3. The molecular weight excluding hydrogens is 268 g/mol. The molecule has 5 heteroatoms. The number of hydrogen-bond donors (Lipinski definition) is 1. The molecule has 2 aromatic rings. The van der Waals surface area contributed by atoms with Crippen molar-refractivity contribution >= 4 is 33.3 Å². The van der Waals surface area contributed by atoms with E-state index in [2.05, 4.69) is 34.8 Å². The lowest BCUT2D eigenvalue weighted by atomic mass is 10.0. The van der Waals surface area contributed by atoms with E-state index in [0.29, 0.717) is 5.95 Å². The maximum absolute atomic E-state index is 5.89. The molecule has 20 heavy (non-hydrogen) atoms. The van der Waals surface area contributed by atoms with Gasteiger partial charge in [-0.2, -0.15) is 4.98 Å². The normalized spacial score (nSPS) is 19.1. The van der Waals surface area contributed by atoms with E-state index >= 15 is 0 Å². The fourth-order valence-corrected chi connectivity index (χ4v) is 4.03. The molecule has 1 aliphatic rings. The van der Waals surface area contributed by atoms with Crippen molar-refractivity contribution in [2.24, 2.45) is 5.92 Å². The predicted molar refractivity (Wildman–Crippen MR) is 86.4 cm³/mol. The highest BCUT2D eigenvalue weighted by Crippen LogP contribution is 2.34. The summed E-state index contributed by atoms with van der Waals surface area (Å²) in [4.78, 5) is 13.7. The molecule has 1 aliphatic heterocycles. The first-order valence-corrected chi connectivity index (χ1v) is 8.33. The molecule has 1 unspecified atom stereocenters. The molecule has 0 aromatic carbocycles. The van der Waals surface area contributed by atoms with Crippen LogP contribution in [0.15, 0.2) is 6.07 Å². The van der Waals surface area contributed by atoms with E-state index in [9.17, 15) is 0 Å². The highest BCUT2D eigenvalue weighted by molar-refractivity contribution is 7.18. The molecule has 3 rings (SSSR count). The molecule has 0 amide bonds. The summed E-state index contributed by atoms with van der Waals surface area (Å²) in [5.41, 5.74) is 5.89. The van der Waals surface area contributed by atoms with Gasteiger partial charge in [-0.25, -0.2) is 4.98 Å². The number of nitrogens with two attached hydrogens (primary N) is 1. The molecule has 0 bridgehead atoms. The van der Waals surface area contributed by atoms with Crippen molar-refractivity contribution in [3.8, 4) is 0 Å². The van der Waals surface area contributed by atoms with Crippen molar-refractivity contribution in [1.29, 1.82) is 0 Å². The number of anilines is 2. The third-order valence-corrected chi connectivity index (χ3v) is 5.24. The molecule has 0 radical (unpaired) electrons. The first-order chi connectivity index (χ1) is 9.71. The van der Waals surface area contributed by atoms with E-state index in [-0.39, 0.29) is 0 Å². The summed E-state index contributed by atoms with van der Waals surface area (Å²) in [6, 6.07) is 2.24. The molecule has 1 fully saturated rings. The van der Waals surface area contributed by atoms with Crippen LogP contribution in [0.1, 0.15) is 38.0 Å².